The highest BCUT2D eigenvalue weighted by Crippen LogP contribution is 2.22. The van der Waals surface area contributed by atoms with Crippen molar-refractivity contribution < 1.29 is 92.0 Å². The lowest BCUT2D eigenvalue weighted by Gasteiger charge is -2.28. The number of nitrogens with two attached hydrogens (primary N) is 3. The number of hydrogen-bond acceptors (Lipinski definition) is 21. The minimum atomic E-state index is -1.88. The number of benzene rings is 2. The van der Waals surface area contributed by atoms with Gasteiger partial charge in [0.15, 0.2) is 0 Å². The fourth-order valence-corrected chi connectivity index (χ4v) is 11.9. The lowest BCUT2D eigenvalue weighted by molar-refractivity contribution is -0.140. The number of aliphatic hydroxyl groups is 2. The van der Waals surface area contributed by atoms with Crippen LogP contribution in [-0.2, 0) is 96.0 Å². The molecule has 39 heteroatoms. The molecule has 39 nitrogen and oxygen atoms in total. The summed E-state index contributed by atoms with van der Waals surface area (Å²) in [7, 11) is 0. The zero-order chi connectivity index (χ0) is 82.5. The number of aromatic hydroxyl groups is 1. The first-order valence-electron chi connectivity index (χ1n) is 36.4. The number of nitrogens with one attached hydrogen (secondary N) is 15. The lowest BCUT2D eigenvalue weighted by Crippen LogP contribution is -2.62. The van der Waals surface area contributed by atoms with E-state index in [1.54, 1.807) is 72.0 Å². The molecule has 608 valence electrons. The summed E-state index contributed by atoms with van der Waals surface area (Å²) in [6.45, 7) is 11.2. The van der Waals surface area contributed by atoms with Crippen molar-refractivity contribution in [2.45, 2.75) is 199 Å². The summed E-state index contributed by atoms with van der Waals surface area (Å²) in [6.07, 6.45) is 2.11. The van der Waals surface area contributed by atoms with Crippen LogP contribution in [0.5, 0.6) is 5.75 Å². The number of primary amides is 2. The second kappa shape index (κ2) is 43.5. The van der Waals surface area contributed by atoms with Gasteiger partial charge in [-0.25, -0.2) is 4.98 Å². The van der Waals surface area contributed by atoms with Crippen LogP contribution in [0.3, 0.4) is 0 Å². The van der Waals surface area contributed by atoms with Crippen LogP contribution in [0.4, 0.5) is 0 Å². The standard InChI is InChI=1S/C72H106N20O19/c1-35(2)21-47(63(102)79-32-59(99)92-20-12-15-55(92)71(110)88-52(26-43-30-76-34-80-43)64(103)81-38(7)61(75)100)85-65(104)48(22-36(3)4)86-67(106)50(24-41-16-18-44(95)19-17-41)84-58(98)31-78-62(101)39(8)82-70(109)54(33-93)90-68(107)53(27-56(74)96)87-66(105)49(23-37(5)6)89-72(111)60(40(9)94)91-69(108)51(83-57(97)28-73)25-42-29-77-46-14-11-10-13-45(42)46/h10-11,13-14,16-19,29-30,34-40,47-55,60,77,93-95H,12,15,20-28,31-33,73H2,1-9H3,(H2,74,96)(H2,75,100)(H,76,80)(H,78,101)(H,79,102)(H,81,103)(H,82,109)(H,83,97)(H,84,98)(H,85,104)(H,86,106)(H,87,105)(H,88,110)(H,89,111)(H,90,107)(H,91,108)/t38-,39-,40+,47-,48-,49-,50-,51-,52-,53-,54-,55-,60-/m0/s1. The van der Waals surface area contributed by atoms with Gasteiger partial charge in [-0.05, 0) is 100.0 Å². The van der Waals surface area contributed by atoms with Crippen molar-refractivity contribution in [3.63, 3.8) is 0 Å². The Labute approximate surface area is 640 Å². The molecule has 2 aromatic heterocycles. The number of imidazole rings is 1. The Morgan fingerprint density at radius 3 is 1.60 bits per heavy atom. The quantitative estimate of drug-likeness (QED) is 0.0196. The maximum Gasteiger partial charge on any atom is 0.245 e. The van der Waals surface area contributed by atoms with Crippen LogP contribution >= 0.6 is 0 Å². The van der Waals surface area contributed by atoms with E-state index in [1.165, 1.54) is 62.5 Å². The van der Waals surface area contributed by atoms with Gasteiger partial charge in [-0.1, -0.05) is 71.9 Å². The smallest absolute Gasteiger partial charge is 0.245 e. The molecule has 1 aliphatic rings. The summed E-state index contributed by atoms with van der Waals surface area (Å²) in [5, 5.41) is 64.0. The summed E-state index contributed by atoms with van der Waals surface area (Å²) in [5.74, 6) is -15.6. The SMILES string of the molecule is CC(C)C[C@H](NC(=O)[C@H](CC(C)C)NC(=O)[C@H](Cc1ccc(O)cc1)NC(=O)CNC(=O)[C@H](C)NC(=O)[C@H](CO)NC(=O)[C@H](CC(N)=O)NC(=O)[C@H](CC(C)C)NC(=O)[C@@H](NC(=O)[C@H](Cc1c[nH]c2ccccc12)NC(=O)CN)[C@@H](C)O)C(=O)NCC(=O)N1CCC[C@H]1C(=O)N[C@@H](Cc1cnc[nH]1)C(=O)N[C@@H](C)C(N)=O. The number of nitrogens with zero attached hydrogens (tertiary/aromatic N) is 2. The van der Waals surface area contributed by atoms with Crippen molar-refractivity contribution in [3.8, 4) is 5.75 Å². The Kier molecular flexibility index (Phi) is 35.3. The largest absolute Gasteiger partial charge is 0.508 e. The Morgan fingerprint density at radius 1 is 0.532 bits per heavy atom. The number of rotatable bonds is 44. The van der Waals surface area contributed by atoms with Crippen molar-refractivity contribution in [3.05, 3.63) is 84.1 Å². The van der Waals surface area contributed by atoms with Gasteiger partial charge in [0.1, 0.15) is 78.3 Å². The van der Waals surface area contributed by atoms with Gasteiger partial charge >= 0.3 is 0 Å². The third kappa shape index (κ3) is 29.1. The number of aromatic amines is 2. The number of fused-ring (bicyclic) bond motifs is 1. The zero-order valence-corrected chi connectivity index (χ0v) is 63.5. The van der Waals surface area contributed by atoms with Crippen LogP contribution in [-0.4, -0.2) is 241 Å². The van der Waals surface area contributed by atoms with Gasteiger partial charge in [0.05, 0.1) is 45.1 Å². The van der Waals surface area contributed by atoms with Crippen LogP contribution in [0.1, 0.15) is 118 Å². The Balaban J connectivity index is 1.20. The van der Waals surface area contributed by atoms with E-state index in [9.17, 15) is 92.0 Å². The average molecular weight is 1560 g/mol. The molecule has 111 heavy (non-hydrogen) atoms. The highest BCUT2D eigenvalue weighted by Gasteiger charge is 2.40. The van der Waals surface area contributed by atoms with E-state index in [1.807, 2.05) is 0 Å². The number of para-hydroxylation sites is 1. The number of aromatic nitrogens is 3. The van der Waals surface area contributed by atoms with Crippen LogP contribution < -0.4 is 86.3 Å². The molecule has 4 aromatic rings. The van der Waals surface area contributed by atoms with E-state index in [0.717, 1.165) is 10.9 Å². The number of carbonyl (C=O) groups excluding carboxylic acids is 16. The molecule has 3 heterocycles. The number of H-pyrrole nitrogens is 2. The molecule has 1 fully saturated rings. The number of aliphatic hydroxyl groups excluding tert-OH is 2. The van der Waals surface area contributed by atoms with Crippen molar-refractivity contribution in [1.82, 2.24) is 89.0 Å². The number of likely N-dealkylation sites (tertiary alicyclic amines) is 1. The number of hydrogen-bond donors (Lipinski definition) is 21. The average Bonchev–Trinajstić information content (AvgIpc) is 1.71. The van der Waals surface area contributed by atoms with Gasteiger partial charge in [-0.15, -0.1) is 0 Å². The minimum absolute atomic E-state index is 0.00113. The second-order valence-electron chi connectivity index (χ2n) is 28.5. The van der Waals surface area contributed by atoms with Crippen LogP contribution in [0.2, 0.25) is 0 Å². The first-order chi connectivity index (χ1) is 52.4. The number of phenols is 1. The molecule has 2 aromatic carbocycles. The van der Waals surface area contributed by atoms with Gasteiger partial charge < -0.3 is 117 Å². The molecule has 5 rings (SSSR count). The van der Waals surface area contributed by atoms with Crippen molar-refractivity contribution in [2.24, 2.45) is 35.0 Å². The molecule has 1 saturated heterocycles. The van der Waals surface area contributed by atoms with E-state index in [2.05, 4.69) is 84.1 Å². The van der Waals surface area contributed by atoms with E-state index in [4.69, 9.17) is 17.2 Å². The summed E-state index contributed by atoms with van der Waals surface area (Å²) >= 11 is 0. The molecule has 0 bridgehead atoms. The van der Waals surface area contributed by atoms with Gasteiger partial charge in [-0.3, -0.25) is 76.7 Å². The van der Waals surface area contributed by atoms with Gasteiger partial charge in [0.2, 0.25) is 94.5 Å². The lowest BCUT2D eigenvalue weighted by atomic mass is 9.99. The van der Waals surface area contributed by atoms with Gasteiger partial charge in [0.25, 0.3) is 0 Å². The van der Waals surface area contributed by atoms with Crippen LogP contribution in [0.25, 0.3) is 10.9 Å². The van der Waals surface area contributed by atoms with E-state index >= 15 is 0 Å². The first-order valence-corrected chi connectivity index (χ1v) is 36.4. The zero-order valence-electron chi connectivity index (χ0n) is 63.5. The molecule has 0 saturated carbocycles. The maximum atomic E-state index is 14.4. The highest BCUT2D eigenvalue weighted by molar-refractivity contribution is 6.01. The van der Waals surface area contributed by atoms with E-state index in [0.29, 0.717) is 23.2 Å². The van der Waals surface area contributed by atoms with Crippen LogP contribution in [0, 0.1) is 17.8 Å². The maximum absolute atomic E-state index is 14.4. The Hall–Kier alpha value is -11.6. The molecule has 13 atom stereocenters. The van der Waals surface area contributed by atoms with Crippen LogP contribution in [0.15, 0.2) is 67.3 Å². The third-order valence-electron chi connectivity index (χ3n) is 17.8. The number of phenolic OH excluding ortho intramolecular Hbond substituents is 1. The monoisotopic (exact) mass is 1550 g/mol. The van der Waals surface area contributed by atoms with Crippen molar-refractivity contribution in [2.75, 3.05) is 32.8 Å². The second-order valence-corrected chi connectivity index (χ2v) is 28.5. The molecule has 24 N–H and O–H groups in total. The number of carbonyl (C=O) groups is 16. The molecule has 0 spiro atoms. The van der Waals surface area contributed by atoms with Gasteiger partial charge in [0, 0.05) is 54.8 Å². The number of amides is 16. The minimum Gasteiger partial charge on any atom is -0.508 e. The normalized spacial score (nSPS) is 15.9. The van der Waals surface area contributed by atoms with Crippen molar-refractivity contribution >= 4 is 105 Å². The fraction of sp³-hybridized carbons (Fsp3) is 0.542. The summed E-state index contributed by atoms with van der Waals surface area (Å²) in [6, 6.07) is -4.58. The highest BCUT2D eigenvalue weighted by atomic mass is 16.3. The molecular formula is C72H106N20O19. The molecule has 0 aliphatic carbocycles. The summed E-state index contributed by atoms with van der Waals surface area (Å²) in [5.41, 5.74) is 18.6. The molecular weight excluding hydrogens is 1450 g/mol. The summed E-state index contributed by atoms with van der Waals surface area (Å²) < 4.78 is 0. The molecule has 1 aliphatic heterocycles. The van der Waals surface area contributed by atoms with Gasteiger partial charge in [-0.2, -0.15) is 0 Å². The fourth-order valence-electron chi connectivity index (χ4n) is 11.9. The molecule has 0 radical (unpaired) electrons. The third-order valence-corrected chi connectivity index (χ3v) is 17.8. The van der Waals surface area contributed by atoms with Crippen molar-refractivity contribution in [1.29, 1.82) is 0 Å². The van der Waals surface area contributed by atoms with E-state index in [-0.39, 0.29) is 75.0 Å². The van der Waals surface area contributed by atoms with E-state index < -0.39 is 206 Å². The predicted molar refractivity (Wildman–Crippen MR) is 399 cm³/mol. The Morgan fingerprint density at radius 2 is 1.04 bits per heavy atom. The predicted octanol–water partition coefficient (Wildman–Crippen LogP) is -5.95. The molecule has 16 amide bonds. The molecule has 0 unspecified atom stereocenters. The topological polar surface area (TPSA) is 616 Å². The first kappa shape index (κ1) is 90.0. The summed E-state index contributed by atoms with van der Waals surface area (Å²) in [4.78, 5) is 228. The Bertz CT molecular complexity index is 3920.